The summed E-state index contributed by atoms with van der Waals surface area (Å²) in [6.07, 6.45) is 1.80. The molecule has 3 amide bonds. The summed E-state index contributed by atoms with van der Waals surface area (Å²) >= 11 is 0. The van der Waals surface area contributed by atoms with Crippen molar-refractivity contribution in [3.8, 4) is 5.75 Å². The number of methoxy groups -OCH3 is 1. The van der Waals surface area contributed by atoms with Crippen molar-refractivity contribution in [2.45, 2.75) is 49.9 Å². The summed E-state index contributed by atoms with van der Waals surface area (Å²) < 4.78 is 5.46. The number of amides is 3. The van der Waals surface area contributed by atoms with E-state index < -0.39 is 17.7 Å². The number of carbonyl (C=O) groups excluding carboxylic acids is 3. The average Bonchev–Trinajstić information content (AvgIpc) is 3.37. The van der Waals surface area contributed by atoms with Gasteiger partial charge >= 0.3 is 0 Å². The Hall–Kier alpha value is -2.49. The van der Waals surface area contributed by atoms with Crippen LogP contribution in [0.25, 0.3) is 0 Å². The first-order valence-corrected chi connectivity index (χ1v) is 11.9. The van der Waals surface area contributed by atoms with Gasteiger partial charge in [-0.2, -0.15) is 0 Å². The number of aliphatic hydroxyl groups is 1. The maximum Gasteiger partial charge on any atom is 0.252 e. The fourth-order valence-corrected chi connectivity index (χ4v) is 5.94. The summed E-state index contributed by atoms with van der Waals surface area (Å²) in [6, 6.07) is 7.39. The van der Waals surface area contributed by atoms with E-state index in [2.05, 4.69) is 4.90 Å². The molecule has 1 aromatic rings. The SMILES string of the molecule is COc1ccccc1CN1CC2(C1)C(=O)N(CCCN1CCCC1=O)C(=O)[C@@H]1C[C@@H](O)CN12. The Kier molecular flexibility index (Phi) is 5.88. The second-order valence-corrected chi connectivity index (χ2v) is 9.68. The van der Waals surface area contributed by atoms with Crippen LogP contribution in [0.3, 0.4) is 0 Å². The summed E-state index contributed by atoms with van der Waals surface area (Å²) in [5.74, 6) is 0.593. The molecule has 0 saturated carbocycles. The van der Waals surface area contributed by atoms with Crippen LogP contribution in [0.1, 0.15) is 31.2 Å². The van der Waals surface area contributed by atoms with Gasteiger partial charge in [-0.25, -0.2) is 0 Å². The van der Waals surface area contributed by atoms with Gasteiger partial charge in [-0.3, -0.25) is 29.1 Å². The monoisotopic (exact) mass is 456 g/mol. The molecule has 33 heavy (non-hydrogen) atoms. The average molecular weight is 457 g/mol. The summed E-state index contributed by atoms with van der Waals surface area (Å²) in [4.78, 5) is 46.1. The molecule has 4 saturated heterocycles. The Balaban J connectivity index is 1.29. The highest BCUT2D eigenvalue weighted by atomic mass is 16.5. The first kappa shape index (κ1) is 22.3. The number of imide groups is 1. The van der Waals surface area contributed by atoms with Crippen molar-refractivity contribution in [1.29, 1.82) is 0 Å². The highest BCUT2D eigenvalue weighted by Gasteiger charge is 2.64. The lowest BCUT2D eigenvalue weighted by molar-refractivity contribution is -0.180. The predicted molar refractivity (Wildman–Crippen MR) is 119 cm³/mol. The van der Waals surface area contributed by atoms with E-state index in [0.29, 0.717) is 58.5 Å². The van der Waals surface area contributed by atoms with Crippen LogP contribution in [0.2, 0.25) is 0 Å². The molecule has 4 fully saturated rings. The second kappa shape index (κ2) is 8.70. The number of nitrogens with zero attached hydrogens (tertiary/aromatic N) is 4. The van der Waals surface area contributed by atoms with Crippen LogP contribution in [0.4, 0.5) is 0 Å². The molecule has 0 unspecified atom stereocenters. The van der Waals surface area contributed by atoms with Crippen molar-refractivity contribution < 1.29 is 24.2 Å². The van der Waals surface area contributed by atoms with E-state index in [0.717, 1.165) is 24.3 Å². The largest absolute Gasteiger partial charge is 0.496 e. The molecule has 2 atom stereocenters. The van der Waals surface area contributed by atoms with Crippen molar-refractivity contribution in [3.63, 3.8) is 0 Å². The Morgan fingerprint density at radius 1 is 1.15 bits per heavy atom. The van der Waals surface area contributed by atoms with Crippen LogP contribution >= 0.6 is 0 Å². The molecule has 1 spiro atoms. The van der Waals surface area contributed by atoms with E-state index >= 15 is 0 Å². The Labute approximate surface area is 193 Å². The van der Waals surface area contributed by atoms with Gasteiger partial charge in [0, 0.05) is 57.8 Å². The van der Waals surface area contributed by atoms with Crippen molar-refractivity contribution in [2.24, 2.45) is 0 Å². The molecule has 4 aliphatic heterocycles. The quantitative estimate of drug-likeness (QED) is 0.580. The second-order valence-electron chi connectivity index (χ2n) is 9.68. The molecule has 178 valence electrons. The lowest BCUT2D eigenvalue weighted by Crippen LogP contribution is -2.81. The van der Waals surface area contributed by atoms with Gasteiger partial charge in [-0.1, -0.05) is 18.2 Å². The topological polar surface area (TPSA) is 93.6 Å². The van der Waals surface area contributed by atoms with Gasteiger partial charge in [0.05, 0.1) is 19.3 Å². The van der Waals surface area contributed by atoms with Crippen LogP contribution < -0.4 is 4.74 Å². The van der Waals surface area contributed by atoms with Crippen LogP contribution in [0, 0.1) is 0 Å². The lowest BCUT2D eigenvalue weighted by Gasteiger charge is -2.58. The van der Waals surface area contributed by atoms with E-state index in [1.165, 1.54) is 4.90 Å². The molecule has 4 aliphatic rings. The molecule has 0 aromatic heterocycles. The van der Waals surface area contributed by atoms with E-state index in [9.17, 15) is 19.5 Å². The van der Waals surface area contributed by atoms with Crippen LogP contribution in [-0.2, 0) is 20.9 Å². The highest BCUT2D eigenvalue weighted by molar-refractivity contribution is 6.06. The predicted octanol–water partition coefficient (Wildman–Crippen LogP) is 0.0661. The van der Waals surface area contributed by atoms with Crippen molar-refractivity contribution >= 4 is 17.7 Å². The molecule has 1 aromatic carbocycles. The molecule has 9 nitrogen and oxygen atoms in total. The van der Waals surface area contributed by atoms with Gasteiger partial charge in [0.1, 0.15) is 11.3 Å². The van der Waals surface area contributed by atoms with E-state index in [1.54, 1.807) is 7.11 Å². The van der Waals surface area contributed by atoms with Crippen LogP contribution in [-0.4, -0.2) is 106 Å². The van der Waals surface area contributed by atoms with Crippen LogP contribution in [0.5, 0.6) is 5.75 Å². The number of hydrogen-bond acceptors (Lipinski definition) is 7. The minimum atomic E-state index is -0.776. The number of benzene rings is 1. The number of ether oxygens (including phenoxy) is 1. The van der Waals surface area contributed by atoms with Crippen LogP contribution in [0.15, 0.2) is 24.3 Å². The summed E-state index contributed by atoms with van der Waals surface area (Å²) in [5.41, 5.74) is 0.279. The molecule has 1 N–H and O–H groups in total. The fourth-order valence-electron chi connectivity index (χ4n) is 5.94. The number of fused-ring (bicyclic) bond motifs is 2. The third kappa shape index (κ3) is 3.82. The number of β-amino-alcohol motifs (C(OH)–C–C–N with tert-alkyl or cyclic N) is 1. The zero-order valence-electron chi connectivity index (χ0n) is 19.1. The fraction of sp³-hybridized carbons (Fsp3) is 0.625. The third-order valence-corrected chi connectivity index (χ3v) is 7.56. The molecule has 0 bridgehead atoms. The van der Waals surface area contributed by atoms with Gasteiger partial charge in [-0.15, -0.1) is 0 Å². The molecule has 0 radical (unpaired) electrons. The zero-order valence-corrected chi connectivity index (χ0v) is 19.1. The molecular formula is C24H32N4O5. The maximum atomic E-state index is 13.7. The lowest BCUT2D eigenvalue weighted by atomic mass is 9.82. The molecular weight excluding hydrogens is 424 g/mol. The van der Waals surface area contributed by atoms with Crippen molar-refractivity contribution in [1.82, 2.24) is 19.6 Å². The molecule has 5 rings (SSSR count). The van der Waals surface area contributed by atoms with Gasteiger partial charge < -0.3 is 14.7 Å². The smallest absolute Gasteiger partial charge is 0.252 e. The number of hydrogen-bond donors (Lipinski definition) is 1. The third-order valence-electron chi connectivity index (χ3n) is 7.56. The number of likely N-dealkylation sites (tertiary alicyclic amines) is 2. The normalized spacial score (nSPS) is 27.4. The van der Waals surface area contributed by atoms with Crippen molar-refractivity contribution in [2.75, 3.05) is 46.4 Å². The highest BCUT2D eigenvalue weighted by Crippen LogP contribution is 2.41. The minimum Gasteiger partial charge on any atom is -0.496 e. The summed E-state index contributed by atoms with van der Waals surface area (Å²) in [7, 11) is 1.65. The number of piperazine rings is 1. The van der Waals surface area contributed by atoms with E-state index in [4.69, 9.17) is 4.74 Å². The number of aliphatic hydroxyl groups excluding tert-OH is 1. The summed E-state index contributed by atoms with van der Waals surface area (Å²) in [6.45, 7) is 3.68. The van der Waals surface area contributed by atoms with Gasteiger partial charge in [0.2, 0.25) is 11.8 Å². The molecule has 0 aliphatic carbocycles. The Morgan fingerprint density at radius 3 is 2.67 bits per heavy atom. The van der Waals surface area contributed by atoms with E-state index in [1.807, 2.05) is 34.1 Å². The van der Waals surface area contributed by atoms with Crippen molar-refractivity contribution in [3.05, 3.63) is 29.8 Å². The molecule has 9 heteroatoms. The van der Waals surface area contributed by atoms with Gasteiger partial charge in [0.15, 0.2) is 0 Å². The standard InChI is InChI=1S/C24H32N4O5/c1-33-20-7-3-2-6-17(20)13-25-15-24(16-25)23(32)27(11-5-10-26-9-4-8-21(26)30)22(31)19-12-18(29)14-28(19)24/h2-3,6-7,18-19,29H,4-5,8-16H2,1H3/t18-,19+/m1/s1. The number of carbonyl (C=O) groups is 3. The van der Waals surface area contributed by atoms with E-state index in [-0.39, 0.29) is 17.7 Å². The first-order chi connectivity index (χ1) is 15.9. The first-order valence-electron chi connectivity index (χ1n) is 11.9. The Bertz CT molecular complexity index is 947. The summed E-state index contributed by atoms with van der Waals surface area (Å²) in [5, 5.41) is 10.3. The number of rotatable bonds is 7. The zero-order chi connectivity index (χ0) is 23.2. The molecule has 4 heterocycles. The number of para-hydroxylation sites is 1. The van der Waals surface area contributed by atoms with Gasteiger partial charge in [-0.05, 0) is 25.3 Å². The minimum absolute atomic E-state index is 0.152. The van der Waals surface area contributed by atoms with Gasteiger partial charge in [0.25, 0.3) is 5.91 Å². The maximum absolute atomic E-state index is 13.7. The Morgan fingerprint density at radius 2 is 1.94 bits per heavy atom.